The first-order chi connectivity index (χ1) is 8.58. The third kappa shape index (κ3) is 3.27. The molecule has 0 saturated heterocycles. The molecule has 0 aromatic heterocycles. The molecule has 0 bridgehead atoms. The van der Waals surface area contributed by atoms with Gasteiger partial charge in [-0.2, -0.15) is 0 Å². The van der Waals surface area contributed by atoms with Gasteiger partial charge >= 0.3 is 0 Å². The number of aliphatic hydroxyl groups is 1. The Morgan fingerprint density at radius 1 is 1.39 bits per heavy atom. The molecule has 3 heteroatoms. The molecule has 0 radical (unpaired) electrons. The first-order valence-electron chi connectivity index (χ1n) is 6.76. The third-order valence-corrected chi connectivity index (χ3v) is 4.57. The summed E-state index contributed by atoms with van der Waals surface area (Å²) in [7, 11) is 2.15. The van der Waals surface area contributed by atoms with Crippen LogP contribution in [0.1, 0.15) is 44.3 Å². The van der Waals surface area contributed by atoms with Gasteiger partial charge < -0.3 is 10.0 Å². The standard InChI is InChI=1S/C15H22BrNO/c1-11(18)14-8-7-13(9-15(14)16)17(2)10-12-5-3-4-6-12/h7-9,11-12,18H,3-6,10H2,1-2H3. The topological polar surface area (TPSA) is 23.5 Å². The number of anilines is 1. The summed E-state index contributed by atoms with van der Waals surface area (Å²) in [6.07, 6.45) is 5.11. The summed E-state index contributed by atoms with van der Waals surface area (Å²) in [6.45, 7) is 2.93. The molecule has 1 aromatic rings. The minimum atomic E-state index is -0.423. The van der Waals surface area contributed by atoms with Crippen molar-refractivity contribution < 1.29 is 5.11 Å². The van der Waals surface area contributed by atoms with Gasteiger partial charge in [0.05, 0.1) is 6.10 Å². The van der Waals surface area contributed by atoms with Gasteiger partial charge in [-0.15, -0.1) is 0 Å². The third-order valence-electron chi connectivity index (χ3n) is 3.88. The molecule has 1 unspecified atom stereocenters. The largest absolute Gasteiger partial charge is 0.389 e. The summed E-state index contributed by atoms with van der Waals surface area (Å²) >= 11 is 3.54. The van der Waals surface area contributed by atoms with E-state index in [9.17, 15) is 5.11 Å². The van der Waals surface area contributed by atoms with Crippen LogP contribution in [0.3, 0.4) is 0 Å². The fourth-order valence-electron chi connectivity index (χ4n) is 2.78. The molecule has 1 aromatic carbocycles. The van der Waals surface area contributed by atoms with Gasteiger partial charge in [0.2, 0.25) is 0 Å². The van der Waals surface area contributed by atoms with Gasteiger partial charge in [-0.3, -0.25) is 0 Å². The quantitative estimate of drug-likeness (QED) is 0.903. The number of hydrogen-bond acceptors (Lipinski definition) is 2. The summed E-state index contributed by atoms with van der Waals surface area (Å²) < 4.78 is 0.994. The number of rotatable bonds is 4. The van der Waals surface area contributed by atoms with Gasteiger partial charge in [-0.25, -0.2) is 0 Å². The van der Waals surface area contributed by atoms with E-state index in [1.54, 1.807) is 6.92 Å². The summed E-state index contributed by atoms with van der Waals surface area (Å²) in [6, 6.07) is 6.22. The fourth-order valence-corrected chi connectivity index (χ4v) is 3.48. The highest BCUT2D eigenvalue weighted by atomic mass is 79.9. The van der Waals surface area contributed by atoms with Gasteiger partial charge in [-0.1, -0.05) is 34.8 Å². The summed E-state index contributed by atoms with van der Waals surface area (Å²) in [4.78, 5) is 2.33. The van der Waals surface area contributed by atoms with Crippen LogP contribution in [0.15, 0.2) is 22.7 Å². The molecule has 0 spiro atoms. The van der Waals surface area contributed by atoms with E-state index in [2.05, 4.69) is 40.0 Å². The van der Waals surface area contributed by atoms with Gasteiger partial charge in [0, 0.05) is 23.8 Å². The molecule has 1 fully saturated rings. The molecule has 0 heterocycles. The number of benzene rings is 1. The van der Waals surface area contributed by atoms with Crippen LogP contribution in [-0.2, 0) is 0 Å². The van der Waals surface area contributed by atoms with Crippen molar-refractivity contribution in [2.24, 2.45) is 5.92 Å². The lowest BCUT2D eigenvalue weighted by Crippen LogP contribution is -2.24. The lowest BCUT2D eigenvalue weighted by atomic mass is 10.1. The Bertz CT molecular complexity index is 399. The Morgan fingerprint density at radius 2 is 2.06 bits per heavy atom. The van der Waals surface area contributed by atoms with Gasteiger partial charge in [0.15, 0.2) is 0 Å². The van der Waals surface area contributed by atoms with Crippen molar-refractivity contribution in [3.05, 3.63) is 28.2 Å². The predicted molar refractivity (Wildman–Crippen MR) is 80.0 cm³/mol. The van der Waals surface area contributed by atoms with E-state index < -0.39 is 6.10 Å². The van der Waals surface area contributed by atoms with Crippen LogP contribution < -0.4 is 4.90 Å². The van der Waals surface area contributed by atoms with Crippen LogP contribution in [0.2, 0.25) is 0 Å². The van der Waals surface area contributed by atoms with Crippen molar-refractivity contribution in [3.8, 4) is 0 Å². The van der Waals surface area contributed by atoms with Crippen molar-refractivity contribution in [2.45, 2.75) is 38.7 Å². The maximum atomic E-state index is 9.62. The second-order valence-electron chi connectivity index (χ2n) is 5.41. The molecule has 1 aliphatic rings. The molecule has 1 aliphatic carbocycles. The van der Waals surface area contributed by atoms with Gasteiger partial charge in [0.1, 0.15) is 0 Å². The molecule has 2 rings (SSSR count). The second kappa shape index (κ2) is 6.07. The average molecular weight is 312 g/mol. The van der Waals surface area contributed by atoms with Crippen LogP contribution in [-0.4, -0.2) is 18.7 Å². The molecule has 2 nitrogen and oxygen atoms in total. The van der Waals surface area contributed by atoms with Crippen LogP contribution in [0.5, 0.6) is 0 Å². The molecule has 1 atom stereocenters. The van der Waals surface area contributed by atoms with E-state index in [-0.39, 0.29) is 0 Å². The van der Waals surface area contributed by atoms with Crippen molar-refractivity contribution in [1.29, 1.82) is 0 Å². The molecule has 0 amide bonds. The van der Waals surface area contributed by atoms with E-state index >= 15 is 0 Å². The van der Waals surface area contributed by atoms with E-state index in [1.807, 2.05) is 6.07 Å². The molecule has 1 N–H and O–H groups in total. The summed E-state index contributed by atoms with van der Waals surface area (Å²) in [5.74, 6) is 0.852. The van der Waals surface area contributed by atoms with E-state index in [4.69, 9.17) is 0 Å². The molecule has 18 heavy (non-hydrogen) atoms. The maximum absolute atomic E-state index is 9.62. The Balaban J connectivity index is 2.05. The average Bonchev–Trinajstić information content (AvgIpc) is 2.81. The van der Waals surface area contributed by atoms with Crippen LogP contribution >= 0.6 is 15.9 Å². The Hall–Kier alpha value is -0.540. The summed E-state index contributed by atoms with van der Waals surface area (Å²) in [5.41, 5.74) is 2.17. The van der Waals surface area contributed by atoms with Crippen molar-refractivity contribution >= 4 is 21.6 Å². The van der Waals surface area contributed by atoms with E-state index in [0.29, 0.717) is 0 Å². The molecular formula is C15H22BrNO. The highest BCUT2D eigenvalue weighted by Crippen LogP contribution is 2.30. The number of nitrogens with zero attached hydrogens (tertiary/aromatic N) is 1. The van der Waals surface area contributed by atoms with E-state index in [0.717, 1.165) is 22.5 Å². The zero-order chi connectivity index (χ0) is 13.1. The van der Waals surface area contributed by atoms with E-state index in [1.165, 1.54) is 31.4 Å². The zero-order valence-electron chi connectivity index (χ0n) is 11.2. The fraction of sp³-hybridized carbons (Fsp3) is 0.600. The minimum absolute atomic E-state index is 0.423. The number of aliphatic hydroxyl groups excluding tert-OH is 1. The normalized spacial score (nSPS) is 18.0. The Kier molecular flexibility index (Phi) is 4.68. The molecular weight excluding hydrogens is 290 g/mol. The van der Waals surface area contributed by atoms with Crippen LogP contribution in [0, 0.1) is 5.92 Å². The monoisotopic (exact) mass is 311 g/mol. The molecule has 100 valence electrons. The van der Waals surface area contributed by atoms with Crippen molar-refractivity contribution in [1.82, 2.24) is 0 Å². The first kappa shape index (κ1) is 13.9. The Morgan fingerprint density at radius 3 is 2.61 bits per heavy atom. The number of hydrogen-bond donors (Lipinski definition) is 1. The van der Waals surface area contributed by atoms with Gasteiger partial charge in [-0.05, 0) is 43.4 Å². The van der Waals surface area contributed by atoms with Crippen LogP contribution in [0.25, 0.3) is 0 Å². The summed E-state index contributed by atoms with van der Waals surface area (Å²) in [5, 5.41) is 9.62. The smallest absolute Gasteiger partial charge is 0.0772 e. The molecule has 1 saturated carbocycles. The van der Waals surface area contributed by atoms with Crippen LogP contribution in [0.4, 0.5) is 5.69 Å². The van der Waals surface area contributed by atoms with Gasteiger partial charge in [0.25, 0.3) is 0 Å². The second-order valence-corrected chi connectivity index (χ2v) is 6.27. The zero-order valence-corrected chi connectivity index (χ0v) is 12.8. The van der Waals surface area contributed by atoms with Crippen molar-refractivity contribution in [2.75, 3.05) is 18.5 Å². The minimum Gasteiger partial charge on any atom is -0.389 e. The highest BCUT2D eigenvalue weighted by Gasteiger charge is 2.17. The Labute approximate surface area is 118 Å². The number of halogens is 1. The first-order valence-corrected chi connectivity index (χ1v) is 7.56. The molecule has 0 aliphatic heterocycles. The highest BCUT2D eigenvalue weighted by molar-refractivity contribution is 9.10. The lowest BCUT2D eigenvalue weighted by Gasteiger charge is -2.24. The SMILES string of the molecule is CC(O)c1ccc(N(C)CC2CCCC2)cc1Br. The predicted octanol–water partition coefficient (Wildman–Crippen LogP) is 4.13. The van der Waals surface area contributed by atoms with Crippen molar-refractivity contribution in [3.63, 3.8) is 0 Å². The maximum Gasteiger partial charge on any atom is 0.0772 e. The lowest BCUT2D eigenvalue weighted by molar-refractivity contribution is 0.198.